The quantitative estimate of drug-likeness (QED) is 0.553. The van der Waals surface area contributed by atoms with Gasteiger partial charge < -0.3 is 9.80 Å². The number of piperazine rings is 1. The largest absolute Gasteiger partial charge is 0.333 e. The van der Waals surface area contributed by atoms with Gasteiger partial charge in [-0.1, -0.05) is 23.5 Å². The molecule has 1 aliphatic rings. The van der Waals surface area contributed by atoms with Crippen LogP contribution in [0.25, 0.3) is 15.5 Å². The molecule has 0 bridgehead atoms. The zero-order chi connectivity index (χ0) is 16.7. The molecule has 9 heteroatoms. The maximum absolute atomic E-state index is 12.7. The zero-order valence-electron chi connectivity index (χ0n) is 13.0. The summed E-state index contributed by atoms with van der Waals surface area (Å²) in [6.07, 6.45) is 0. The molecule has 24 heavy (non-hydrogen) atoms. The van der Waals surface area contributed by atoms with Gasteiger partial charge in [0.25, 0.3) is 5.91 Å². The molecule has 1 fully saturated rings. The predicted octanol–water partition coefficient (Wildman–Crippen LogP) is 1.84. The predicted molar refractivity (Wildman–Crippen MR) is 100 cm³/mol. The van der Waals surface area contributed by atoms with Crippen LogP contribution in [0.3, 0.4) is 0 Å². The summed E-state index contributed by atoms with van der Waals surface area (Å²) in [5.41, 5.74) is 1.02. The number of rotatable bonds is 2. The van der Waals surface area contributed by atoms with Gasteiger partial charge in [-0.15, -0.1) is 10.2 Å². The first-order valence-corrected chi connectivity index (χ1v) is 9.47. The van der Waals surface area contributed by atoms with Crippen LogP contribution in [0, 0.1) is 3.57 Å². The fraction of sp³-hybridized carbons (Fsp3) is 0.333. The van der Waals surface area contributed by atoms with Gasteiger partial charge in [0, 0.05) is 35.3 Å². The van der Waals surface area contributed by atoms with Gasteiger partial charge in [0.1, 0.15) is 5.01 Å². The second kappa shape index (κ2) is 6.37. The van der Waals surface area contributed by atoms with Gasteiger partial charge in [0.05, 0.1) is 0 Å². The molecular formula is C15H15IN6OS. The van der Waals surface area contributed by atoms with Crippen LogP contribution in [0.4, 0.5) is 0 Å². The molecule has 3 heterocycles. The average Bonchev–Trinajstić information content (AvgIpc) is 3.16. The van der Waals surface area contributed by atoms with Crippen molar-refractivity contribution in [1.29, 1.82) is 0 Å². The number of likely N-dealkylation sites (N-methyl/N-ethyl adjacent to an activating group) is 1. The summed E-state index contributed by atoms with van der Waals surface area (Å²) < 4.78 is 2.74. The van der Waals surface area contributed by atoms with E-state index >= 15 is 0 Å². The number of nitrogens with zero attached hydrogens (tertiary/aromatic N) is 6. The van der Waals surface area contributed by atoms with E-state index in [-0.39, 0.29) is 5.91 Å². The molecule has 0 atom stereocenters. The fourth-order valence-corrected chi connectivity index (χ4v) is 3.81. The van der Waals surface area contributed by atoms with Gasteiger partial charge in [-0.3, -0.25) is 4.79 Å². The molecule has 0 N–H and O–H groups in total. The average molecular weight is 454 g/mol. The van der Waals surface area contributed by atoms with Crippen molar-refractivity contribution in [2.24, 2.45) is 0 Å². The Morgan fingerprint density at radius 1 is 1.12 bits per heavy atom. The fourth-order valence-electron chi connectivity index (χ4n) is 2.61. The summed E-state index contributed by atoms with van der Waals surface area (Å²) in [7, 11) is 2.06. The van der Waals surface area contributed by atoms with E-state index in [1.54, 1.807) is 4.52 Å². The maximum atomic E-state index is 12.7. The Labute approximate surface area is 156 Å². The number of carbonyl (C=O) groups excluding carboxylic acids is 1. The van der Waals surface area contributed by atoms with Crippen molar-refractivity contribution in [3.63, 3.8) is 0 Å². The number of hydrogen-bond acceptors (Lipinski definition) is 6. The molecule has 3 aromatic rings. The number of carbonyl (C=O) groups is 1. The molecular weight excluding hydrogens is 439 g/mol. The molecule has 124 valence electrons. The topological polar surface area (TPSA) is 66.6 Å². The van der Waals surface area contributed by atoms with E-state index < -0.39 is 0 Å². The van der Waals surface area contributed by atoms with Crippen molar-refractivity contribution >= 4 is 44.8 Å². The first kappa shape index (κ1) is 15.9. The Bertz CT molecular complexity index is 881. The Morgan fingerprint density at radius 2 is 1.83 bits per heavy atom. The van der Waals surface area contributed by atoms with Crippen LogP contribution >= 0.6 is 33.9 Å². The Balaban J connectivity index is 1.65. The molecule has 0 radical (unpaired) electrons. The highest BCUT2D eigenvalue weighted by Crippen LogP contribution is 2.26. The van der Waals surface area contributed by atoms with Gasteiger partial charge in [-0.25, -0.2) is 0 Å². The van der Waals surface area contributed by atoms with Crippen molar-refractivity contribution in [2.45, 2.75) is 0 Å². The zero-order valence-corrected chi connectivity index (χ0v) is 16.0. The second-order valence-electron chi connectivity index (χ2n) is 5.73. The van der Waals surface area contributed by atoms with Crippen LogP contribution in [0.1, 0.15) is 10.6 Å². The lowest BCUT2D eigenvalue weighted by molar-refractivity contribution is 0.0649. The van der Waals surface area contributed by atoms with E-state index in [1.165, 1.54) is 14.9 Å². The van der Waals surface area contributed by atoms with E-state index in [1.807, 2.05) is 29.2 Å². The summed E-state index contributed by atoms with van der Waals surface area (Å²) in [4.78, 5) is 17.4. The molecule has 1 saturated heterocycles. The second-order valence-corrected chi connectivity index (χ2v) is 7.93. The summed E-state index contributed by atoms with van der Waals surface area (Å²) in [5, 5.41) is 13.6. The van der Waals surface area contributed by atoms with Crippen LogP contribution in [-0.2, 0) is 0 Å². The van der Waals surface area contributed by atoms with Crippen LogP contribution in [0.15, 0.2) is 24.3 Å². The third-order valence-electron chi connectivity index (χ3n) is 4.06. The van der Waals surface area contributed by atoms with E-state index in [4.69, 9.17) is 0 Å². The Morgan fingerprint density at radius 3 is 2.54 bits per heavy atom. The monoisotopic (exact) mass is 454 g/mol. The molecule has 0 unspecified atom stereocenters. The third kappa shape index (κ3) is 2.91. The third-order valence-corrected chi connectivity index (χ3v) is 5.73. The number of fused-ring (bicyclic) bond motifs is 1. The SMILES string of the molecule is CN1CCN(C(=O)c2nnc3sc(-c4ccc(I)cc4)nn23)CC1. The van der Waals surface area contributed by atoms with Crippen molar-refractivity contribution in [3.8, 4) is 10.6 Å². The van der Waals surface area contributed by atoms with Crippen LogP contribution in [-0.4, -0.2) is 68.7 Å². The first-order chi connectivity index (χ1) is 11.6. The van der Waals surface area contributed by atoms with E-state index in [9.17, 15) is 4.79 Å². The number of hydrogen-bond donors (Lipinski definition) is 0. The van der Waals surface area contributed by atoms with Crippen LogP contribution < -0.4 is 0 Å². The summed E-state index contributed by atoms with van der Waals surface area (Å²) in [5.74, 6) is 0.192. The Kier molecular flexibility index (Phi) is 4.22. The highest BCUT2D eigenvalue weighted by molar-refractivity contribution is 14.1. The maximum Gasteiger partial charge on any atom is 0.293 e. The van der Waals surface area contributed by atoms with Gasteiger partial charge in [-0.2, -0.15) is 9.61 Å². The van der Waals surface area contributed by atoms with Gasteiger partial charge in [0.2, 0.25) is 10.8 Å². The van der Waals surface area contributed by atoms with Gasteiger partial charge >= 0.3 is 0 Å². The summed E-state index contributed by atoms with van der Waals surface area (Å²) in [6.45, 7) is 3.16. The number of aromatic nitrogens is 4. The minimum Gasteiger partial charge on any atom is -0.333 e. The van der Waals surface area contributed by atoms with Gasteiger partial charge in [-0.05, 0) is 41.8 Å². The molecule has 2 aromatic heterocycles. The molecule has 7 nitrogen and oxygen atoms in total. The first-order valence-electron chi connectivity index (χ1n) is 7.58. The van der Waals surface area contributed by atoms with E-state index in [0.717, 1.165) is 23.7 Å². The van der Waals surface area contributed by atoms with Crippen molar-refractivity contribution in [1.82, 2.24) is 29.6 Å². The highest BCUT2D eigenvalue weighted by Gasteiger charge is 2.26. The number of benzene rings is 1. The molecule has 4 rings (SSSR count). The standard InChI is InChI=1S/C15H15IN6OS/c1-20-6-8-21(9-7-20)14(23)12-17-18-15-22(12)19-13(24-15)10-2-4-11(16)5-3-10/h2-5H,6-9H2,1H3. The summed E-state index contributed by atoms with van der Waals surface area (Å²) in [6, 6.07) is 8.12. The Hall–Kier alpha value is -1.59. The number of amides is 1. The minimum absolute atomic E-state index is 0.102. The lowest BCUT2D eigenvalue weighted by atomic mass is 10.2. The minimum atomic E-state index is -0.102. The van der Waals surface area contributed by atoms with Crippen molar-refractivity contribution in [2.75, 3.05) is 33.2 Å². The molecule has 1 aromatic carbocycles. The van der Waals surface area contributed by atoms with Crippen molar-refractivity contribution in [3.05, 3.63) is 33.7 Å². The van der Waals surface area contributed by atoms with E-state index in [2.05, 4.69) is 49.8 Å². The van der Waals surface area contributed by atoms with E-state index in [0.29, 0.717) is 23.9 Å². The lowest BCUT2D eigenvalue weighted by Gasteiger charge is -2.31. The molecule has 1 amide bonds. The molecule has 0 spiro atoms. The lowest BCUT2D eigenvalue weighted by Crippen LogP contribution is -2.47. The molecule has 1 aliphatic heterocycles. The molecule has 0 saturated carbocycles. The highest BCUT2D eigenvalue weighted by atomic mass is 127. The van der Waals surface area contributed by atoms with Gasteiger partial charge in [0.15, 0.2) is 0 Å². The van der Waals surface area contributed by atoms with Crippen LogP contribution in [0.5, 0.6) is 0 Å². The normalized spacial score (nSPS) is 16.0. The summed E-state index contributed by atoms with van der Waals surface area (Å²) >= 11 is 3.71. The smallest absolute Gasteiger partial charge is 0.293 e. The van der Waals surface area contributed by atoms with Crippen LogP contribution in [0.2, 0.25) is 0 Å². The number of halogens is 1. The molecule has 0 aliphatic carbocycles. The van der Waals surface area contributed by atoms with Crippen molar-refractivity contribution < 1.29 is 4.79 Å².